The van der Waals surface area contributed by atoms with E-state index in [9.17, 15) is 4.79 Å². The molecule has 0 aliphatic carbocycles. The molecule has 2 aromatic rings. The lowest BCUT2D eigenvalue weighted by molar-refractivity contribution is 0.103. The van der Waals surface area contributed by atoms with Crippen molar-refractivity contribution >= 4 is 5.78 Å². The van der Waals surface area contributed by atoms with Crippen LogP contribution in [-0.2, 0) is 0 Å². The zero-order valence-corrected chi connectivity index (χ0v) is 12.4. The number of hydrogen-bond donors (Lipinski definition) is 0. The van der Waals surface area contributed by atoms with Gasteiger partial charge in [0.05, 0.1) is 20.8 Å². The maximum absolute atomic E-state index is 12.4. The molecule has 0 amide bonds. The number of methoxy groups -OCH3 is 2. The summed E-state index contributed by atoms with van der Waals surface area (Å²) in [5, 5.41) is 0. The van der Waals surface area contributed by atoms with Gasteiger partial charge in [0.1, 0.15) is 5.75 Å². The van der Waals surface area contributed by atoms with Crippen LogP contribution in [0.2, 0.25) is 0 Å². The first-order valence-corrected chi connectivity index (χ1v) is 6.69. The first-order valence-electron chi connectivity index (χ1n) is 6.69. The Labute approximate surface area is 124 Å². The Kier molecular flexibility index (Phi) is 4.82. The minimum atomic E-state index is -0.0704. The van der Waals surface area contributed by atoms with Crippen LogP contribution in [0.4, 0.5) is 0 Å². The summed E-state index contributed by atoms with van der Waals surface area (Å²) in [6.45, 7) is 2.52. The second-order valence-corrected chi connectivity index (χ2v) is 4.36. The Bertz CT molecular complexity index is 617. The van der Waals surface area contributed by atoms with Crippen LogP contribution in [0.25, 0.3) is 0 Å². The lowest BCUT2D eigenvalue weighted by atomic mass is 10.0. The predicted molar refractivity (Wildman–Crippen MR) is 80.6 cm³/mol. The molecule has 0 saturated carbocycles. The minimum absolute atomic E-state index is 0.0704. The summed E-state index contributed by atoms with van der Waals surface area (Å²) in [5.74, 6) is 1.82. The normalized spacial score (nSPS) is 10.0. The van der Waals surface area contributed by atoms with Crippen molar-refractivity contribution in [3.63, 3.8) is 0 Å². The fourth-order valence-corrected chi connectivity index (χ4v) is 2.01. The average molecular weight is 286 g/mol. The number of rotatable bonds is 6. The molecule has 0 spiro atoms. The largest absolute Gasteiger partial charge is 0.494 e. The van der Waals surface area contributed by atoms with E-state index >= 15 is 0 Å². The van der Waals surface area contributed by atoms with Gasteiger partial charge in [0.15, 0.2) is 17.3 Å². The van der Waals surface area contributed by atoms with E-state index in [0.29, 0.717) is 29.2 Å². The molecule has 0 heterocycles. The molecule has 0 N–H and O–H groups in total. The Morgan fingerprint density at radius 2 is 1.52 bits per heavy atom. The molecule has 4 heteroatoms. The molecule has 0 fully saturated rings. The van der Waals surface area contributed by atoms with Gasteiger partial charge >= 0.3 is 0 Å². The zero-order chi connectivity index (χ0) is 15.2. The van der Waals surface area contributed by atoms with E-state index in [1.54, 1.807) is 56.7 Å². The number of ether oxygens (including phenoxy) is 3. The molecular weight excluding hydrogens is 268 g/mol. The smallest absolute Gasteiger partial charge is 0.193 e. The molecule has 0 aromatic heterocycles. The van der Waals surface area contributed by atoms with Gasteiger partial charge in [-0.25, -0.2) is 0 Å². The number of carbonyl (C=O) groups is 1. The number of hydrogen-bond acceptors (Lipinski definition) is 4. The monoisotopic (exact) mass is 286 g/mol. The predicted octanol–water partition coefficient (Wildman–Crippen LogP) is 3.33. The van der Waals surface area contributed by atoms with Gasteiger partial charge in [-0.15, -0.1) is 0 Å². The minimum Gasteiger partial charge on any atom is -0.494 e. The van der Waals surface area contributed by atoms with Crippen molar-refractivity contribution in [2.24, 2.45) is 0 Å². The first-order chi connectivity index (χ1) is 10.2. The summed E-state index contributed by atoms with van der Waals surface area (Å²) in [6.07, 6.45) is 0. The van der Waals surface area contributed by atoms with Crippen LogP contribution in [0.1, 0.15) is 22.8 Å². The molecule has 0 unspecified atom stereocenters. The average Bonchev–Trinajstić information content (AvgIpc) is 2.54. The number of carbonyl (C=O) groups excluding carboxylic acids is 1. The van der Waals surface area contributed by atoms with Crippen molar-refractivity contribution in [2.75, 3.05) is 20.8 Å². The Morgan fingerprint density at radius 1 is 0.905 bits per heavy atom. The maximum atomic E-state index is 12.4. The van der Waals surface area contributed by atoms with Gasteiger partial charge in [0.2, 0.25) is 0 Å². The second kappa shape index (κ2) is 6.79. The maximum Gasteiger partial charge on any atom is 0.193 e. The van der Waals surface area contributed by atoms with Crippen LogP contribution >= 0.6 is 0 Å². The summed E-state index contributed by atoms with van der Waals surface area (Å²) in [5.41, 5.74) is 1.16. The van der Waals surface area contributed by atoms with Crippen molar-refractivity contribution in [3.8, 4) is 17.2 Å². The van der Waals surface area contributed by atoms with Crippen LogP contribution in [0.15, 0.2) is 42.5 Å². The molecule has 110 valence electrons. The fourth-order valence-electron chi connectivity index (χ4n) is 2.01. The van der Waals surface area contributed by atoms with Gasteiger partial charge in [-0.2, -0.15) is 0 Å². The van der Waals surface area contributed by atoms with Crippen molar-refractivity contribution < 1.29 is 19.0 Å². The van der Waals surface area contributed by atoms with E-state index in [4.69, 9.17) is 14.2 Å². The van der Waals surface area contributed by atoms with Crippen LogP contribution in [0, 0.1) is 0 Å². The molecule has 0 radical (unpaired) electrons. The molecule has 0 atom stereocenters. The standard InChI is InChI=1S/C17H18O4/c1-4-21-14-8-5-12(6-9-14)17(18)13-7-10-15(19-2)16(11-13)20-3/h5-11H,4H2,1-3H3. The molecule has 2 rings (SSSR count). The van der Waals surface area contributed by atoms with E-state index in [1.165, 1.54) is 0 Å². The number of ketones is 1. The van der Waals surface area contributed by atoms with Gasteiger partial charge in [-0.3, -0.25) is 4.79 Å². The first kappa shape index (κ1) is 14.9. The van der Waals surface area contributed by atoms with Gasteiger partial charge in [-0.1, -0.05) is 0 Å². The summed E-state index contributed by atoms with van der Waals surface area (Å²) >= 11 is 0. The van der Waals surface area contributed by atoms with E-state index in [0.717, 1.165) is 5.75 Å². The summed E-state index contributed by atoms with van der Waals surface area (Å²) < 4.78 is 15.7. The fraction of sp³-hybridized carbons (Fsp3) is 0.235. The second-order valence-electron chi connectivity index (χ2n) is 4.36. The van der Waals surface area contributed by atoms with Gasteiger partial charge in [0, 0.05) is 11.1 Å². The third kappa shape index (κ3) is 3.34. The van der Waals surface area contributed by atoms with Crippen molar-refractivity contribution in [1.82, 2.24) is 0 Å². The van der Waals surface area contributed by atoms with E-state index in [1.807, 2.05) is 6.92 Å². The summed E-state index contributed by atoms with van der Waals surface area (Å²) in [4.78, 5) is 12.4. The lowest BCUT2D eigenvalue weighted by Crippen LogP contribution is -2.02. The van der Waals surface area contributed by atoms with Crippen molar-refractivity contribution in [3.05, 3.63) is 53.6 Å². The number of benzene rings is 2. The van der Waals surface area contributed by atoms with Crippen LogP contribution in [0.5, 0.6) is 17.2 Å². The summed E-state index contributed by atoms with van der Waals surface area (Å²) in [7, 11) is 3.11. The molecule has 0 aliphatic heterocycles. The quantitative estimate of drug-likeness (QED) is 0.764. The Balaban J connectivity index is 2.27. The molecule has 21 heavy (non-hydrogen) atoms. The molecule has 4 nitrogen and oxygen atoms in total. The van der Waals surface area contributed by atoms with E-state index in [-0.39, 0.29) is 5.78 Å². The molecular formula is C17H18O4. The highest BCUT2D eigenvalue weighted by molar-refractivity contribution is 6.09. The molecule has 0 saturated heterocycles. The molecule has 0 bridgehead atoms. The van der Waals surface area contributed by atoms with Gasteiger partial charge < -0.3 is 14.2 Å². The van der Waals surface area contributed by atoms with Gasteiger partial charge in [-0.05, 0) is 49.4 Å². The topological polar surface area (TPSA) is 44.8 Å². The van der Waals surface area contributed by atoms with E-state index in [2.05, 4.69) is 0 Å². The van der Waals surface area contributed by atoms with Crippen LogP contribution < -0.4 is 14.2 Å². The highest BCUT2D eigenvalue weighted by Gasteiger charge is 2.12. The van der Waals surface area contributed by atoms with Crippen molar-refractivity contribution in [2.45, 2.75) is 6.92 Å². The van der Waals surface area contributed by atoms with E-state index < -0.39 is 0 Å². The summed E-state index contributed by atoms with van der Waals surface area (Å²) in [6, 6.07) is 12.2. The van der Waals surface area contributed by atoms with Gasteiger partial charge in [0.25, 0.3) is 0 Å². The third-order valence-corrected chi connectivity index (χ3v) is 3.07. The zero-order valence-electron chi connectivity index (χ0n) is 12.4. The molecule has 0 aliphatic rings. The van der Waals surface area contributed by atoms with Crippen molar-refractivity contribution in [1.29, 1.82) is 0 Å². The highest BCUT2D eigenvalue weighted by Crippen LogP contribution is 2.28. The lowest BCUT2D eigenvalue weighted by Gasteiger charge is -2.09. The highest BCUT2D eigenvalue weighted by atomic mass is 16.5. The molecule has 2 aromatic carbocycles. The Morgan fingerprint density at radius 3 is 2.10 bits per heavy atom. The Hall–Kier alpha value is -2.49. The van der Waals surface area contributed by atoms with Crippen LogP contribution in [-0.4, -0.2) is 26.6 Å². The van der Waals surface area contributed by atoms with Crippen LogP contribution in [0.3, 0.4) is 0 Å². The SMILES string of the molecule is CCOc1ccc(C(=O)c2ccc(OC)c(OC)c2)cc1. The third-order valence-electron chi connectivity index (χ3n) is 3.07.